The molecule has 6 heteroatoms. The number of aromatic nitrogens is 2. The van der Waals surface area contributed by atoms with Crippen LogP contribution in [0.25, 0.3) is 0 Å². The first-order valence-electron chi connectivity index (χ1n) is 8.29. The normalized spacial score (nSPS) is 16.6. The van der Waals surface area contributed by atoms with Crippen LogP contribution in [0.5, 0.6) is 5.75 Å². The van der Waals surface area contributed by atoms with Crippen molar-refractivity contribution in [1.29, 1.82) is 0 Å². The first kappa shape index (κ1) is 17.8. The van der Waals surface area contributed by atoms with Gasteiger partial charge >= 0.3 is 0 Å². The van der Waals surface area contributed by atoms with Gasteiger partial charge in [0.1, 0.15) is 17.8 Å². The van der Waals surface area contributed by atoms with Crippen molar-refractivity contribution < 1.29 is 9.53 Å². The Balaban J connectivity index is 1.81. The zero-order chi connectivity index (χ0) is 17.2. The van der Waals surface area contributed by atoms with E-state index in [1.807, 2.05) is 0 Å². The molecule has 0 unspecified atom stereocenters. The summed E-state index contributed by atoms with van der Waals surface area (Å²) in [6, 6.07) is 0.269. The van der Waals surface area contributed by atoms with Gasteiger partial charge in [-0.05, 0) is 25.8 Å². The average Bonchev–Trinajstić information content (AvgIpc) is 2.84. The number of nitrogens with zero attached hydrogens (tertiary/aromatic N) is 3. The monoisotopic (exact) mass is 328 g/mol. The second-order valence-corrected chi connectivity index (χ2v) is 5.83. The molecule has 0 bridgehead atoms. The van der Waals surface area contributed by atoms with Gasteiger partial charge in [0.05, 0.1) is 12.4 Å². The highest BCUT2D eigenvalue weighted by molar-refractivity contribution is 6.38. The summed E-state index contributed by atoms with van der Waals surface area (Å²) in [5.74, 6) is 0.777. The van der Waals surface area contributed by atoms with Crippen LogP contribution in [0.1, 0.15) is 45.4 Å². The summed E-state index contributed by atoms with van der Waals surface area (Å²) in [7, 11) is 0. The largest absolute Gasteiger partial charge is 0.455 e. The molecule has 0 spiro atoms. The fourth-order valence-electron chi connectivity index (χ4n) is 2.53. The predicted molar refractivity (Wildman–Crippen MR) is 93.7 cm³/mol. The third-order valence-electron chi connectivity index (χ3n) is 3.83. The van der Waals surface area contributed by atoms with Crippen LogP contribution in [0.15, 0.2) is 48.3 Å². The maximum Gasteiger partial charge on any atom is 0.265 e. The van der Waals surface area contributed by atoms with Crippen LogP contribution < -0.4 is 10.1 Å². The lowest BCUT2D eigenvalue weighted by atomic mass is 10.1. The molecule has 24 heavy (non-hydrogen) atoms. The van der Waals surface area contributed by atoms with E-state index in [0.29, 0.717) is 17.2 Å². The summed E-state index contributed by atoms with van der Waals surface area (Å²) >= 11 is 0. The van der Waals surface area contributed by atoms with Crippen LogP contribution >= 0.6 is 0 Å². The number of nitrogens with one attached hydrogen (secondary N) is 1. The number of hydrogen-bond acceptors (Lipinski definition) is 5. The number of amides is 1. The summed E-state index contributed by atoms with van der Waals surface area (Å²) in [6.07, 6.45) is 14.6. The van der Waals surface area contributed by atoms with E-state index in [0.717, 1.165) is 12.8 Å². The molecule has 1 heterocycles. The minimum Gasteiger partial charge on any atom is -0.455 e. The lowest BCUT2D eigenvalue weighted by molar-refractivity contribution is -0.115. The van der Waals surface area contributed by atoms with E-state index < -0.39 is 0 Å². The minimum atomic E-state index is -0.116. The SMILES string of the molecule is C=C(/C=C\N=C(C)C(=O)NC1CCCCCC1)Oc1cncnc1. The number of carbonyl (C=O) groups is 1. The fraction of sp³-hybridized carbons (Fsp3) is 0.444. The number of rotatable bonds is 6. The molecule has 1 aliphatic rings. The molecule has 1 fully saturated rings. The highest BCUT2D eigenvalue weighted by Crippen LogP contribution is 2.17. The van der Waals surface area contributed by atoms with Crippen molar-refractivity contribution in [2.45, 2.75) is 51.5 Å². The van der Waals surface area contributed by atoms with Gasteiger partial charge in [-0.1, -0.05) is 32.3 Å². The molecule has 0 atom stereocenters. The molecule has 0 radical (unpaired) electrons. The van der Waals surface area contributed by atoms with E-state index in [2.05, 4.69) is 26.9 Å². The van der Waals surface area contributed by atoms with Crippen LogP contribution in [-0.2, 0) is 4.79 Å². The molecule has 1 aromatic rings. The molecule has 1 aliphatic carbocycles. The van der Waals surface area contributed by atoms with Crippen LogP contribution in [0, 0.1) is 0 Å². The average molecular weight is 328 g/mol. The first-order chi connectivity index (χ1) is 11.6. The van der Waals surface area contributed by atoms with Crippen LogP contribution in [-0.4, -0.2) is 27.6 Å². The Morgan fingerprint density at radius 2 is 1.96 bits per heavy atom. The summed E-state index contributed by atoms with van der Waals surface area (Å²) < 4.78 is 5.42. The van der Waals surface area contributed by atoms with Crippen LogP contribution in [0.4, 0.5) is 0 Å². The van der Waals surface area contributed by atoms with Crippen molar-refractivity contribution in [2.75, 3.05) is 0 Å². The van der Waals surface area contributed by atoms with Gasteiger partial charge in [-0.25, -0.2) is 9.97 Å². The van der Waals surface area contributed by atoms with E-state index in [-0.39, 0.29) is 11.9 Å². The Hall–Kier alpha value is -2.50. The number of hydrogen-bond donors (Lipinski definition) is 1. The molecule has 1 saturated carbocycles. The Morgan fingerprint density at radius 3 is 2.62 bits per heavy atom. The predicted octanol–water partition coefficient (Wildman–Crippen LogP) is 3.18. The first-order valence-corrected chi connectivity index (χ1v) is 8.29. The molecular weight excluding hydrogens is 304 g/mol. The van der Waals surface area contributed by atoms with Gasteiger partial charge < -0.3 is 10.1 Å². The Kier molecular flexibility index (Phi) is 7.14. The standard InChI is InChI=1S/C18H24N4O2/c1-14(24-17-11-19-13-20-12-17)9-10-21-15(2)18(23)22-16-7-5-3-4-6-8-16/h9-13,16H,1,3-8H2,2H3,(H,22,23)/b10-9-,21-15?. The third-order valence-corrected chi connectivity index (χ3v) is 3.83. The molecule has 1 amide bonds. The van der Waals surface area contributed by atoms with Gasteiger partial charge in [0, 0.05) is 12.2 Å². The Bertz CT molecular complexity index is 603. The van der Waals surface area contributed by atoms with E-state index in [1.54, 1.807) is 25.4 Å². The highest BCUT2D eigenvalue weighted by Gasteiger charge is 2.15. The smallest absolute Gasteiger partial charge is 0.265 e. The van der Waals surface area contributed by atoms with Gasteiger partial charge in [0.25, 0.3) is 5.91 Å². The molecule has 0 aliphatic heterocycles. The summed E-state index contributed by atoms with van der Waals surface area (Å²) in [5.41, 5.74) is 0.423. The number of carbonyl (C=O) groups excluding carboxylic acids is 1. The quantitative estimate of drug-likeness (QED) is 0.376. The van der Waals surface area contributed by atoms with Crippen molar-refractivity contribution in [2.24, 2.45) is 4.99 Å². The van der Waals surface area contributed by atoms with Gasteiger partial charge in [-0.3, -0.25) is 9.79 Å². The molecular formula is C18H24N4O2. The zero-order valence-corrected chi connectivity index (χ0v) is 14.1. The maximum atomic E-state index is 12.1. The summed E-state index contributed by atoms with van der Waals surface area (Å²) in [6.45, 7) is 5.46. The van der Waals surface area contributed by atoms with Gasteiger partial charge in [-0.15, -0.1) is 0 Å². The number of aliphatic imine (C=N–C) groups is 1. The Labute approximate surface area is 142 Å². The van der Waals surface area contributed by atoms with Crippen molar-refractivity contribution in [3.8, 4) is 5.75 Å². The van der Waals surface area contributed by atoms with E-state index >= 15 is 0 Å². The highest BCUT2D eigenvalue weighted by atomic mass is 16.5. The molecule has 2 rings (SSSR count). The lowest BCUT2D eigenvalue weighted by Crippen LogP contribution is -2.38. The van der Waals surface area contributed by atoms with Crippen molar-refractivity contribution >= 4 is 11.6 Å². The number of ether oxygens (including phenoxy) is 1. The van der Waals surface area contributed by atoms with Crippen molar-refractivity contribution in [3.05, 3.63) is 43.3 Å². The molecule has 128 valence electrons. The number of allylic oxidation sites excluding steroid dienone is 1. The molecule has 1 aromatic heterocycles. The lowest BCUT2D eigenvalue weighted by Gasteiger charge is -2.15. The molecule has 6 nitrogen and oxygen atoms in total. The maximum absolute atomic E-state index is 12.1. The van der Waals surface area contributed by atoms with Crippen molar-refractivity contribution in [1.82, 2.24) is 15.3 Å². The van der Waals surface area contributed by atoms with E-state index in [4.69, 9.17) is 4.74 Å². The van der Waals surface area contributed by atoms with Gasteiger partial charge in [-0.2, -0.15) is 0 Å². The Morgan fingerprint density at radius 1 is 1.29 bits per heavy atom. The van der Waals surface area contributed by atoms with Crippen molar-refractivity contribution in [3.63, 3.8) is 0 Å². The molecule has 0 aromatic carbocycles. The van der Waals surface area contributed by atoms with Gasteiger partial charge in [0.15, 0.2) is 5.75 Å². The second-order valence-electron chi connectivity index (χ2n) is 5.83. The second kappa shape index (κ2) is 9.60. The fourth-order valence-corrected chi connectivity index (χ4v) is 2.53. The topological polar surface area (TPSA) is 76.5 Å². The van der Waals surface area contributed by atoms with E-state index in [1.165, 1.54) is 38.2 Å². The van der Waals surface area contributed by atoms with E-state index in [9.17, 15) is 4.79 Å². The van der Waals surface area contributed by atoms with Crippen LogP contribution in [0.2, 0.25) is 0 Å². The zero-order valence-electron chi connectivity index (χ0n) is 14.1. The molecule has 1 N–H and O–H groups in total. The van der Waals surface area contributed by atoms with Gasteiger partial charge in [0.2, 0.25) is 0 Å². The van der Waals surface area contributed by atoms with Crippen LogP contribution in [0.3, 0.4) is 0 Å². The summed E-state index contributed by atoms with van der Waals surface area (Å²) in [4.78, 5) is 24.0. The molecule has 0 saturated heterocycles. The third kappa shape index (κ3) is 6.32. The summed E-state index contributed by atoms with van der Waals surface area (Å²) in [5, 5.41) is 3.06. The minimum absolute atomic E-state index is 0.116.